The Bertz CT molecular complexity index is 1000. The quantitative estimate of drug-likeness (QED) is 0.809. The van der Waals surface area contributed by atoms with Crippen LogP contribution < -0.4 is 10.7 Å². The van der Waals surface area contributed by atoms with Crippen LogP contribution in [0.3, 0.4) is 0 Å². The number of piperidine rings is 1. The summed E-state index contributed by atoms with van der Waals surface area (Å²) in [5.74, 6) is -0.508. The number of likely N-dealkylation sites (tertiary alicyclic amines) is 1. The number of carbonyl (C=O) groups is 2. The SMILES string of the molecule is CC(C)n1cc(C(=O)NC(C)(C)C)c(=O)c(C(=O)N2CCC[C@@H](c3ccccc3)C2)c1. The van der Waals surface area contributed by atoms with Crippen molar-refractivity contribution in [3.63, 3.8) is 0 Å². The van der Waals surface area contributed by atoms with Crippen LogP contribution in [0.2, 0.25) is 0 Å². The number of aromatic nitrogens is 1. The number of pyridine rings is 1. The number of hydrogen-bond donors (Lipinski definition) is 1. The molecule has 1 fully saturated rings. The Morgan fingerprint density at radius 1 is 1.06 bits per heavy atom. The van der Waals surface area contributed by atoms with E-state index >= 15 is 0 Å². The summed E-state index contributed by atoms with van der Waals surface area (Å²) in [6, 6.07) is 10.2. The first kappa shape index (κ1) is 22.8. The molecule has 0 spiro atoms. The third-order valence-electron chi connectivity index (χ3n) is 5.59. The Morgan fingerprint density at radius 2 is 1.71 bits per heavy atom. The van der Waals surface area contributed by atoms with Crippen LogP contribution in [-0.4, -0.2) is 39.9 Å². The Balaban J connectivity index is 1.94. The summed E-state index contributed by atoms with van der Waals surface area (Å²) >= 11 is 0. The molecule has 0 unspecified atom stereocenters. The number of amides is 2. The van der Waals surface area contributed by atoms with Gasteiger partial charge in [-0.2, -0.15) is 0 Å². The van der Waals surface area contributed by atoms with Gasteiger partial charge in [-0.25, -0.2) is 0 Å². The summed E-state index contributed by atoms with van der Waals surface area (Å²) in [7, 11) is 0. The Hall–Kier alpha value is -2.89. The van der Waals surface area contributed by atoms with Gasteiger partial charge in [-0.05, 0) is 53.0 Å². The maximum absolute atomic E-state index is 13.4. The minimum absolute atomic E-state index is 0.00564. The molecule has 1 aromatic heterocycles. The molecule has 1 aromatic carbocycles. The lowest BCUT2D eigenvalue weighted by molar-refractivity contribution is 0.0704. The number of nitrogens with one attached hydrogen (secondary N) is 1. The standard InChI is InChI=1S/C25H33N3O3/c1-17(2)28-15-20(23(30)26-25(3,4)5)22(29)21(16-28)24(31)27-13-9-12-19(14-27)18-10-7-6-8-11-18/h6-8,10-11,15-17,19H,9,12-14H2,1-5H3,(H,26,30)/t19-/m1/s1. The minimum atomic E-state index is -0.509. The molecule has 2 aromatic rings. The van der Waals surface area contributed by atoms with E-state index in [9.17, 15) is 14.4 Å². The van der Waals surface area contributed by atoms with Gasteiger partial charge in [0, 0.05) is 43.0 Å². The van der Waals surface area contributed by atoms with Crippen molar-refractivity contribution in [3.05, 3.63) is 69.6 Å². The average molecular weight is 424 g/mol. The van der Waals surface area contributed by atoms with Crippen LogP contribution in [0.5, 0.6) is 0 Å². The molecule has 2 amide bonds. The van der Waals surface area contributed by atoms with E-state index in [0.717, 1.165) is 12.8 Å². The van der Waals surface area contributed by atoms with Crippen molar-refractivity contribution in [2.75, 3.05) is 13.1 Å². The van der Waals surface area contributed by atoms with Crippen LogP contribution in [0.1, 0.15) is 85.7 Å². The van der Waals surface area contributed by atoms with Gasteiger partial charge in [-0.3, -0.25) is 14.4 Å². The minimum Gasteiger partial charge on any atom is -0.350 e. The maximum Gasteiger partial charge on any atom is 0.259 e. The molecule has 3 rings (SSSR count). The fourth-order valence-corrected chi connectivity index (χ4v) is 3.95. The van der Waals surface area contributed by atoms with Crippen molar-refractivity contribution >= 4 is 11.8 Å². The first-order valence-corrected chi connectivity index (χ1v) is 11.0. The molecule has 2 heterocycles. The van der Waals surface area contributed by atoms with Crippen molar-refractivity contribution in [1.82, 2.24) is 14.8 Å². The highest BCUT2D eigenvalue weighted by atomic mass is 16.2. The summed E-state index contributed by atoms with van der Waals surface area (Å²) in [6.07, 6.45) is 5.04. The van der Waals surface area contributed by atoms with E-state index in [2.05, 4.69) is 17.4 Å². The molecule has 1 saturated heterocycles. The van der Waals surface area contributed by atoms with Gasteiger partial charge < -0.3 is 14.8 Å². The molecule has 0 radical (unpaired) electrons. The summed E-state index contributed by atoms with van der Waals surface area (Å²) < 4.78 is 1.77. The summed E-state index contributed by atoms with van der Waals surface area (Å²) in [5, 5.41) is 2.84. The highest BCUT2D eigenvalue weighted by molar-refractivity contribution is 5.99. The van der Waals surface area contributed by atoms with Gasteiger partial charge >= 0.3 is 0 Å². The zero-order chi connectivity index (χ0) is 22.8. The molecule has 31 heavy (non-hydrogen) atoms. The van der Waals surface area contributed by atoms with E-state index in [-0.39, 0.29) is 29.0 Å². The molecule has 1 aliphatic heterocycles. The number of hydrogen-bond acceptors (Lipinski definition) is 3. The summed E-state index contributed by atoms with van der Waals surface area (Å²) in [6.45, 7) is 10.7. The Morgan fingerprint density at radius 3 is 2.32 bits per heavy atom. The van der Waals surface area contributed by atoms with Gasteiger partial charge in [0.25, 0.3) is 11.8 Å². The molecule has 1 aliphatic rings. The fourth-order valence-electron chi connectivity index (χ4n) is 3.95. The van der Waals surface area contributed by atoms with E-state index in [1.807, 2.05) is 52.8 Å². The molecule has 6 nitrogen and oxygen atoms in total. The van der Waals surface area contributed by atoms with Gasteiger partial charge in [0.05, 0.1) is 0 Å². The second kappa shape index (κ2) is 9.08. The molecular weight excluding hydrogens is 390 g/mol. The van der Waals surface area contributed by atoms with Crippen molar-refractivity contribution in [3.8, 4) is 0 Å². The third kappa shape index (κ3) is 5.43. The largest absolute Gasteiger partial charge is 0.350 e. The van der Waals surface area contributed by atoms with Crippen molar-refractivity contribution < 1.29 is 9.59 Å². The highest BCUT2D eigenvalue weighted by Crippen LogP contribution is 2.27. The molecule has 166 valence electrons. The second-order valence-corrected chi connectivity index (χ2v) is 9.66. The fraction of sp³-hybridized carbons (Fsp3) is 0.480. The number of carbonyl (C=O) groups excluding carboxylic acids is 2. The van der Waals surface area contributed by atoms with Gasteiger partial charge in [0.15, 0.2) is 0 Å². The monoisotopic (exact) mass is 423 g/mol. The molecule has 0 saturated carbocycles. The van der Waals surface area contributed by atoms with Gasteiger partial charge in [-0.1, -0.05) is 30.3 Å². The zero-order valence-corrected chi connectivity index (χ0v) is 19.1. The van der Waals surface area contributed by atoms with Crippen molar-refractivity contribution in [2.24, 2.45) is 0 Å². The van der Waals surface area contributed by atoms with E-state index in [0.29, 0.717) is 13.1 Å². The van der Waals surface area contributed by atoms with Crippen LogP contribution in [0, 0.1) is 0 Å². The van der Waals surface area contributed by atoms with Crippen LogP contribution in [0.25, 0.3) is 0 Å². The maximum atomic E-state index is 13.4. The van der Waals surface area contributed by atoms with Crippen LogP contribution in [-0.2, 0) is 0 Å². The van der Waals surface area contributed by atoms with Gasteiger partial charge in [0.2, 0.25) is 5.43 Å². The van der Waals surface area contributed by atoms with Crippen LogP contribution in [0.4, 0.5) is 0 Å². The molecule has 1 atom stereocenters. The molecule has 0 aliphatic carbocycles. The molecular formula is C25H33N3O3. The van der Waals surface area contributed by atoms with E-state index in [1.54, 1.807) is 21.9 Å². The lowest BCUT2D eigenvalue weighted by Crippen LogP contribution is -2.45. The molecule has 1 N–H and O–H groups in total. The first-order valence-electron chi connectivity index (χ1n) is 11.0. The highest BCUT2D eigenvalue weighted by Gasteiger charge is 2.29. The lowest BCUT2D eigenvalue weighted by Gasteiger charge is -2.33. The van der Waals surface area contributed by atoms with Crippen LogP contribution >= 0.6 is 0 Å². The van der Waals surface area contributed by atoms with Crippen LogP contribution in [0.15, 0.2) is 47.5 Å². The van der Waals surface area contributed by atoms with Gasteiger partial charge in [0.1, 0.15) is 11.1 Å². The topological polar surface area (TPSA) is 71.4 Å². The predicted molar refractivity (Wildman–Crippen MR) is 123 cm³/mol. The lowest BCUT2D eigenvalue weighted by atomic mass is 9.90. The average Bonchev–Trinajstić information content (AvgIpc) is 2.72. The van der Waals surface area contributed by atoms with Crippen molar-refractivity contribution in [1.29, 1.82) is 0 Å². The van der Waals surface area contributed by atoms with Gasteiger partial charge in [-0.15, -0.1) is 0 Å². The number of rotatable bonds is 4. The Labute approximate surface area is 184 Å². The van der Waals surface area contributed by atoms with E-state index in [1.165, 1.54) is 5.56 Å². The van der Waals surface area contributed by atoms with Crippen molar-refractivity contribution in [2.45, 2.75) is 65.0 Å². The summed E-state index contributed by atoms with van der Waals surface area (Å²) in [5.41, 5.74) is 0.278. The number of nitrogens with zero attached hydrogens (tertiary/aromatic N) is 2. The third-order valence-corrected chi connectivity index (χ3v) is 5.59. The molecule has 6 heteroatoms. The smallest absolute Gasteiger partial charge is 0.259 e. The first-order chi connectivity index (χ1) is 14.6. The van der Waals surface area contributed by atoms with E-state index in [4.69, 9.17) is 0 Å². The zero-order valence-electron chi connectivity index (χ0n) is 19.1. The Kier molecular flexibility index (Phi) is 6.68. The summed E-state index contributed by atoms with van der Waals surface area (Å²) in [4.78, 5) is 41.2. The predicted octanol–water partition coefficient (Wildman–Crippen LogP) is 3.98. The normalized spacial score (nSPS) is 17.0. The number of benzene rings is 1. The molecule has 0 bridgehead atoms. The second-order valence-electron chi connectivity index (χ2n) is 9.66. The van der Waals surface area contributed by atoms with E-state index < -0.39 is 16.9 Å².